The van der Waals surface area contributed by atoms with Crippen molar-refractivity contribution in [3.63, 3.8) is 0 Å². The van der Waals surface area contributed by atoms with E-state index in [2.05, 4.69) is 32.3 Å². The van der Waals surface area contributed by atoms with E-state index in [0.29, 0.717) is 24.5 Å². The second-order valence-corrected chi connectivity index (χ2v) is 5.08. The monoisotopic (exact) mass is 251 g/mol. The summed E-state index contributed by atoms with van der Waals surface area (Å²) in [6.07, 6.45) is 1.32. The van der Waals surface area contributed by atoms with Crippen molar-refractivity contribution in [1.29, 1.82) is 5.41 Å². The lowest BCUT2D eigenvalue weighted by molar-refractivity contribution is -0.252. The van der Waals surface area contributed by atoms with E-state index in [9.17, 15) is 0 Å². The quantitative estimate of drug-likeness (QED) is 0.447. The molecule has 2 aliphatic heterocycles. The van der Waals surface area contributed by atoms with Crippen LogP contribution in [0, 0.1) is 17.2 Å². The van der Waals surface area contributed by atoms with Crippen LogP contribution >= 0.6 is 0 Å². The van der Waals surface area contributed by atoms with Crippen LogP contribution in [0.1, 0.15) is 33.6 Å². The molecule has 0 fully saturated rings. The molecule has 0 amide bonds. The van der Waals surface area contributed by atoms with Crippen molar-refractivity contribution in [2.24, 2.45) is 32.2 Å². The highest BCUT2D eigenvalue weighted by Gasteiger charge is 2.46. The van der Waals surface area contributed by atoms with Gasteiger partial charge in [-0.3, -0.25) is 5.41 Å². The molecule has 98 valence electrons. The number of nitrogens with one attached hydrogen (secondary N) is 1. The normalized spacial score (nSPS) is 36.1. The van der Waals surface area contributed by atoms with Gasteiger partial charge in [0.25, 0.3) is 0 Å². The molecule has 0 saturated heterocycles. The maximum atomic E-state index is 8.34. The summed E-state index contributed by atoms with van der Waals surface area (Å²) in [4.78, 5) is 12.4. The fourth-order valence-electron chi connectivity index (χ4n) is 2.48. The summed E-state index contributed by atoms with van der Waals surface area (Å²) in [5, 5.41) is 23.4. The lowest BCUT2D eigenvalue weighted by Crippen LogP contribution is -2.47. The van der Waals surface area contributed by atoms with E-state index >= 15 is 0 Å². The van der Waals surface area contributed by atoms with Crippen LogP contribution in [0.15, 0.2) is 20.4 Å². The molecule has 2 rings (SSSR count). The maximum Gasteiger partial charge on any atom is 0.160 e. The van der Waals surface area contributed by atoms with Gasteiger partial charge in [-0.05, 0) is 25.7 Å². The Morgan fingerprint density at radius 2 is 2.00 bits per heavy atom. The summed E-state index contributed by atoms with van der Waals surface area (Å²) in [5.41, 5.74) is 0.304. The minimum Gasteiger partial charge on any atom is -0.286 e. The summed E-state index contributed by atoms with van der Waals surface area (Å²) >= 11 is 0. The Labute approximate surface area is 105 Å². The zero-order valence-corrected chi connectivity index (χ0v) is 10.7. The third kappa shape index (κ3) is 2.05. The van der Waals surface area contributed by atoms with Crippen molar-refractivity contribution in [1.82, 2.24) is 0 Å². The largest absolute Gasteiger partial charge is 0.286 e. The molecule has 0 radical (unpaired) electrons. The average molecular weight is 251 g/mol. The smallest absolute Gasteiger partial charge is 0.160 e. The van der Waals surface area contributed by atoms with Crippen LogP contribution in [0.25, 0.3) is 0 Å². The minimum atomic E-state index is -0.675. The molecule has 3 unspecified atom stereocenters. The summed E-state index contributed by atoms with van der Waals surface area (Å²) in [5.74, 6) is 1.07. The molecule has 0 aromatic rings. The number of nitrogens with zero attached hydrogens (tertiary/aromatic N) is 4. The van der Waals surface area contributed by atoms with Gasteiger partial charge < -0.3 is 0 Å². The van der Waals surface area contributed by atoms with Gasteiger partial charge in [0.15, 0.2) is 5.84 Å². The first-order valence-electron chi connectivity index (χ1n) is 5.94. The van der Waals surface area contributed by atoms with E-state index in [1.165, 1.54) is 0 Å². The van der Waals surface area contributed by atoms with Crippen molar-refractivity contribution in [2.75, 3.05) is 0 Å². The second kappa shape index (κ2) is 4.56. The Balaban J connectivity index is 2.48. The van der Waals surface area contributed by atoms with Gasteiger partial charge in [0.05, 0.1) is 5.28 Å². The highest BCUT2D eigenvalue weighted by Crippen LogP contribution is 2.38. The maximum absolute atomic E-state index is 8.34. The van der Waals surface area contributed by atoms with Crippen LogP contribution in [0.3, 0.4) is 0 Å². The number of fused-ring (bicyclic) bond motifs is 1. The van der Waals surface area contributed by atoms with Gasteiger partial charge in [-0.15, -0.1) is 5.11 Å². The van der Waals surface area contributed by atoms with E-state index in [4.69, 9.17) is 10.7 Å². The van der Waals surface area contributed by atoms with Gasteiger partial charge >= 0.3 is 0 Å². The lowest BCUT2D eigenvalue weighted by atomic mass is 9.75. The third-order valence-electron chi connectivity index (χ3n) is 3.66. The van der Waals surface area contributed by atoms with E-state index < -0.39 is 5.54 Å². The standard InChI is InChI=1S/C11H17N5O2/c1-6-4-11(15-16-18-17)5-7(2)9(12)14-10(11)13-8(6)3/h6-7,12,17H,4-5H2,1-3H3. The molecule has 7 nitrogen and oxygen atoms in total. The summed E-state index contributed by atoms with van der Waals surface area (Å²) in [7, 11) is 0. The first-order chi connectivity index (χ1) is 8.48. The Bertz CT molecular complexity index is 456. The molecule has 2 N–H and O–H groups in total. The fraction of sp³-hybridized carbons (Fsp3) is 0.727. The number of rotatable bonds is 2. The summed E-state index contributed by atoms with van der Waals surface area (Å²) in [6, 6.07) is 0. The second-order valence-electron chi connectivity index (χ2n) is 5.08. The van der Waals surface area contributed by atoms with Crippen LogP contribution < -0.4 is 0 Å². The lowest BCUT2D eigenvalue weighted by Gasteiger charge is -2.38. The SMILES string of the molecule is CC1=NC2=NC(=N)C(C)CC2(N=NOO)CC1C. The first kappa shape index (κ1) is 12.8. The molecule has 0 aliphatic carbocycles. The molecular formula is C11H17N5O2. The highest BCUT2D eigenvalue weighted by molar-refractivity contribution is 6.11. The molecule has 0 saturated carbocycles. The van der Waals surface area contributed by atoms with Crippen LogP contribution in [0.5, 0.6) is 0 Å². The van der Waals surface area contributed by atoms with Gasteiger partial charge in [-0.1, -0.05) is 13.8 Å². The Kier molecular flexibility index (Phi) is 3.25. The predicted molar refractivity (Wildman–Crippen MR) is 67.1 cm³/mol. The van der Waals surface area contributed by atoms with E-state index in [0.717, 1.165) is 5.71 Å². The van der Waals surface area contributed by atoms with Crippen molar-refractivity contribution < 1.29 is 10.2 Å². The molecule has 0 aromatic heterocycles. The Hall–Kier alpha value is -1.63. The minimum absolute atomic E-state index is 0.00722. The highest BCUT2D eigenvalue weighted by atomic mass is 17.2. The molecular weight excluding hydrogens is 234 g/mol. The fourth-order valence-corrected chi connectivity index (χ4v) is 2.48. The van der Waals surface area contributed by atoms with Crippen LogP contribution in [0.2, 0.25) is 0 Å². The number of hydrogen-bond donors (Lipinski definition) is 2. The molecule has 0 bridgehead atoms. The number of aliphatic imine (C=N–C) groups is 2. The third-order valence-corrected chi connectivity index (χ3v) is 3.66. The summed E-state index contributed by atoms with van der Waals surface area (Å²) in [6.45, 7) is 5.94. The zero-order valence-electron chi connectivity index (χ0n) is 10.7. The van der Waals surface area contributed by atoms with Crippen LogP contribution in [0.4, 0.5) is 0 Å². The molecule has 0 spiro atoms. The topological polar surface area (TPSA) is 103 Å². The molecule has 0 aromatic carbocycles. The van der Waals surface area contributed by atoms with Gasteiger partial charge in [-0.2, -0.15) is 5.26 Å². The van der Waals surface area contributed by atoms with Gasteiger partial charge in [-0.25, -0.2) is 15.0 Å². The van der Waals surface area contributed by atoms with Gasteiger partial charge in [0, 0.05) is 11.6 Å². The van der Waals surface area contributed by atoms with Gasteiger partial charge in [0.2, 0.25) is 0 Å². The summed E-state index contributed by atoms with van der Waals surface area (Å²) < 4.78 is 0. The Morgan fingerprint density at radius 3 is 2.67 bits per heavy atom. The first-order valence-corrected chi connectivity index (χ1v) is 5.94. The van der Waals surface area contributed by atoms with E-state index in [1.807, 2.05) is 13.8 Å². The Morgan fingerprint density at radius 1 is 1.33 bits per heavy atom. The van der Waals surface area contributed by atoms with Crippen LogP contribution in [-0.2, 0) is 4.99 Å². The number of hydrogen-bond acceptors (Lipinski definition) is 6. The molecule has 7 heteroatoms. The van der Waals surface area contributed by atoms with Gasteiger partial charge in [0.1, 0.15) is 11.4 Å². The van der Waals surface area contributed by atoms with Crippen molar-refractivity contribution in [3.05, 3.63) is 0 Å². The van der Waals surface area contributed by atoms with Crippen molar-refractivity contribution >= 4 is 17.4 Å². The molecule has 18 heavy (non-hydrogen) atoms. The molecule has 2 aliphatic rings. The molecule has 2 heterocycles. The number of amidine groups is 2. The molecule has 3 atom stereocenters. The van der Waals surface area contributed by atoms with Crippen LogP contribution in [-0.4, -0.2) is 28.2 Å². The zero-order chi connectivity index (χ0) is 13.3. The van der Waals surface area contributed by atoms with E-state index in [1.54, 1.807) is 0 Å². The van der Waals surface area contributed by atoms with Crippen molar-refractivity contribution in [3.8, 4) is 0 Å². The predicted octanol–water partition coefficient (Wildman–Crippen LogP) is 2.50. The average Bonchev–Trinajstić information content (AvgIpc) is 2.32. The van der Waals surface area contributed by atoms with Crippen molar-refractivity contribution in [2.45, 2.75) is 39.2 Å². The van der Waals surface area contributed by atoms with E-state index in [-0.39, 0.29) is 11.8 Å².